The first-order chi connectivity index (χ1) is 15.7. The van der Waals surface area contributed by atoms with Gasteiger partial charge in [0.15, 0.2) is 16.3 Å². The maximum atomic E-state index is 13.2. The van der Waals surface area contributed by atoms with Crippen LogP contribution in [-0.2, 0) is 21.2 Å². The van der Waals surface area contributed by atoms with Crippen LogP contribution in [0.4, 0.5) is 11.4 Å². The molecule has 1 aliphatic rings. The second-order valence-electron chi connectivity index (χ2n) is 7.50. The van der Waals surface area contributed by atoms with Gasteiger partial charge in [0.1, 0.15) is 4.90 Å². The van der Waals surface area contributed by atoms with Crippen LogP contribution in [0.5, 0.6) is 11.5 Å². The Bertz CT molecular complexity index is 1090. The number of anilines is 2. The molecule has 0 aromatic heterocycles. The van der Waals surface area contributed by atoms with Crippen molar-refractivity contribution in [1.29, 1.82) is 0 Å². The van der Waals surface area contributed by atoms with Gasteiger partial charge in [0.25, 0.3) is 5.91 Å². The van der Waals surface area contributed by atoms with E-state index in [1.165, 1.54) is 6.07 Å². The van der Waals surface area contributed by atoms with Gasteiger partial charge in [0.05, 0.1) is 19.9 Å². The van der Waals surface area contributed by atoms with Crippen molar-refractivity contribution in [1.82, 2.24) is 4.72 Å². The van der Waals surface area contributed by atoms with E-state index in [-0.39, 0.29) is 11.4 Å². The summed E-state index contributed by atoms with van der Waals surface area (Å²) in [6.45, 7) is 1.72. The molecule has 0 bridgehead atoms. The topological polar surface area (TPSA) is 97.0 Å². The zero-order valence-corrected chi connectivity index (χ0v) is 20.8. The Hall–Kier alpha value is -2.20. The lowest BCUT2D eigenvalue weighted by Gasteiger charge is -2.22. The fourth-order valence-electron chi connectivity index (χ4n) is 3.67. The van der Waals surface area contributed by atoms with E-state index in [0.717, 1.165) is 31.5 Å². The summed E-state index contributed by atoms with van der Waals surface area (Å²) in [5.41, 5.74) is 1.79. The van der Waals surface area contributed by atoms with Crippen molar-refractivity contribution in [3.63, 3.8) is 0 Å². The number of halogens is 2. The van der Waals surface area contributed by atoms with Crippen molar-refractivity contribution in [3.05, 3.63) is 42.0 Å². The molecule has 1 aliphatic heterocycles. The number of nitrogens with zero attached hydrogens (tertiary/aromatic N) is 1. The molecule has 1 amide bonds. The number of methoxy groups -OCH3 is 2. The van der Waals surface area contributed by atoms with Crippen LogP contribution in [0.15, 0.2) is 41.3 Å². The van der Waals surface area contributed by atoms with Crippen molar-refractivity contribution in [2.45, 2.75) is 29.0 Å². The minimum Gasteiger partial charge on any atom is -0.493 e. The summed E-state index contributed by atoms with van der Waals surface area (Å²) in [6, 6.07) is 10.2. The molecule has 11 heteroatoms. The Morgan fingerprint density at radius 2 is 1.76 bits per heavy atom. The van der Waals surface area contributed by atoms with E-state index < -0.39 is 20.8 Å². The Labute approximate surface area is 204 Å². The summed E-state index contributed by atoms with van der Waals surface area (Å²) in [4.78, 5) is 12.7. The molecular formula is C22H27Cl2N3O5S. The number of ether oxygens (including phenoxy) is 2. The molecule has 2 aromatic carbocycles. The SMILES string of the molecule is COc1ccc(CCNS(=O)(=O)c2cc(NC(=O)C(Cl)Cl)ccc2N2CCCC2)cc1OC. The van der Waals surface area contributed by atoms with Crippen LogP contribution in [0.1, 0.15) is 18.4 Å². The normalized spacial score (nSPS) is 13.9. The number of rotatable bonds is 10. The Morgan fingerprint density at radius 3 is 2.39 bits per heavy atom. The van der Waals surface area contributed by atoms with Gasteiger partial charge in [-0.05, 0) is 55.2 Å². The number of sulfonamides is 1. The van der Waals surface area contributed by atoms with Crippen LogP contribution in [0.3, 0.4) is 0 Å². The van der Waals surface area contributed by atoms with Crippen LogP contribution in [0.25, 0.3) is 0 Å². The molecule has 1 fully saturated rings. The van der Waals surface area contributed by atoms with Crippen LogP contribution in [0, 0.1) is 0 Å². The third-order valence-corrected chi connectivity index (χ3v) is 7.20. The van der Waals surface area contributed by atoms with E-state index in [9.17, 15) is 13.2 Å². The lowest BCUT2D eigenvalue weighted by molar-refractivity contribution is -0.114. The fourth-order valence-corrected chi connectivity index (χ4v) is 5.06. The Morgan fingerprint density at radius 1 is 1.06 bits per heavy atom. The van der Waals surface area contributed by atoms with Crippen LogP contribution >= 0.6 is 23.2 Å². The highest BCUT2D eigenvalue weighted by atomic mass is 35.5. The molecule has 0 unspecified atom stereocenters. The number of hydrogen-bond donors (Lipinski definition) is 2. The summed E-state index contributed by atoms with van der Waals surface area (Å²) in [7, 11) is -0.766. The summed E-state index contributed by atoms with van der Waals surface area (Å²) in [6.07, 6.45) is 2.44. The fraction of sp³-hybridized carbons (Fsp3) is 0.409. The number of nitrogens with one attached hydrogen (secondary N) is 2. The van der Waals surface area contributed by atoms with Crippen molar-refractivity contribution in [2.24, 2.45) is 0 Å². The third kappa shape index (κ3) is 6.44. The largest absolute Gasteiger partial charge is 0.493 e. The highest BCUT2D eigenvalue weighted by Gasteiger charge is 2.25. The van der Waals surface area contributed by atoms with Crippen LogP contribution in [0.2, 0.25) is 0 Å². The van der Waals surface area contributed by atoms with Crippen molar-refractivity contribution >= 4 is 50.5 Å². The molecule has 0 saturated carbocycles. The summed E-state index contributed by atoms with van der Waals surface area (Å²) in [5.74, 6) is 0.554. The quantitative estimate of drug-likeness (QED) is 0.469. The van der Waals surface area contributed by atoms with Gasteiger partial charge < -0.3 is 19.7 Å². The van der Waals surface area contributed by atoms with Gasteiger partial charge in [0, 0.05) is 25.3 Å². The lowest BCUT2D eigenvalue weighted by Crippen LogP contribution is -2.29. The predicted molar refractivity (Wildman–Crippen MR) is 130 cm³/mol. The van der Waals surface area contributed by atoms with E-state index in [2.05, 4.69) is 10.0 Å². The number of alkyl halides is 2. The zero-order valence-electron chi connectivity index (χ0n) is 18.4. The molecule has 3 rings (SSSR count). The summed E-state index contributed by atoms with van der Waals surface area (Å²) in [5, 5.41) is 2.54. The van der Waals surface area contributed by atoms with E-state index in [1.54, 1.807) is 32.4 Å². The molecule has 0 aliphatic carbocycles. The van der Waals surface area contributed by atoms with Gasteiger partial charge in [-0.15, -0.1) is 0 Å². The molecule has 180 valence electrons. The predicted octanol–water partition coefficient (Wildman–Crippen LogP) is 3.57. The molecule has 2 N–H and O–H groups in total. The van der Waals surface area contributed by atoms with Gasteiger partial charge in [-0.1, -0.05) is 29.3 Å². The number of hydrogen-bond acceptors (Lipinski definition) is 6. The maximum absolute atomic E-state index is 13.2. The summed E-state index contributed by atoms with van der Waals surface area (Å²) >= 11 is 11.2. The number of carbonyl (C=O) groups excluding carboxylic acids is 1. The minimum absolute atomic E-state index is 0.0928. The molecule has 33 heavy (non-hydrogen) atoms. The first-order valence-corrected chi connectivity index (χ1v) is 12.8. The molecule has 8 nitrogen and oxygen atoms in total. The number of amides is 1. The second-order valence-corrected chi connectivity index (χ2v) is 10.3. The van der Waals surface area contributed by atoms with E-state index in [1.807, 2.05) is 17.0 Å². The Kier molecular flexibility index (Phi) is 8.69. The van der Waals surface area contributed by atoms with Crippen molar-refractivity contribution in [2.75, 3.05) is 44.1 Å². The average molecular weight is 516 g/mol. The van der Waals surface area contributed by atoms with Crippen molar-refractivity contribution in [3.8, 4) is 11.5 Å². The lowest BCUT2D eigenvalue weighted by atomic mass is 10.1. The number of benzene rings is 2. The molecular weight excluding hydrogens is 489 g/mol. The number of carbonyl (C=O) groups is 1. The van der Waals surface area contributed by atoms with E-state index in [0.29, 0.717) is 29.3 Å². The Balaban J connectivity index is 1.80. The summed E-state index contributed by atoms with van der Waals surface area (Å²) < 4.78 is 39.7. The molecule has 2 aromatic rings. The molecule has 0 atom stereocenters. The van der Waals surface area contributed by atoms with Gasteiger partial charge in [-0.25, -0.2) is 13.1 Å². The van der Waals surface area contributed by atoms with Gasteiger partial charge >= 0.3 is 0 Å². The van der Waals surface area contributed by atoms with Gasteiger partial charge in [-0.3, -0.25) is 4.79 Å². The second kappa shape index (κ2) is 11.3. The van der Waals surface area contributed by atoms with E-state index >= 15 is 0 Å². The highest BCUT2D eigenvalue weighted by molar-refractivity contribution is 7.89. The standard InChI is InChI=1S/C22H27Cl2N3O5S/c1-31-18-8-5-15(13-19(18)32-2)9-10-25-33(29,30)20-14-16(26-22(28)21(23)24)6-7-17(20)27-11-3-4-12-27/h5-8,13-14,21,25H,3-4,9-12H2,1-2H3,(H,26,28). The molecule has 1 saturated heterocycles. The first kappa shape index (κ1) is 25.4. The van der Waals surface area contributed by atoms with Gasteiger partial charge in [0.2, 0.25) is 10.0 Å². The molecule has 0 spiro atoms. The van der Waals surface area contributed by atoms with E-state index in [4.69, 9.17) is 32.7 Å². The average Bonchev–Trinajstić information content (AvgIpc) is 3.33. The third-order valence-electron chi connectivity index (χ3n) is 5.32. The smallest absolute Gasteiger partial charge is 0.257 e. The molecule has 1 heterocycles. The highest BCUT2D eigenvalue weighted by Crippen LogP contribution is 2.31. The maximum Gasteiger partial charge on any atom is 0.257 e. The van der Waals surface area contributed by atoms with Crippen molar-refractivity contribution < 1.29 is 22.7 Å². The van der Waals surface area contributed by atoms with Crippen LogP contribution < -0.4 is 24.4 Å². The first-order valence-electron chi connectivity index (χ1n) is 10.4. The monoisotopic (exact) mass is 515 g/mol. The molecule has 0 radical (unpaired) electrons. The van der Waals surface area contributed by atoms with Gasteiger partial charge in [-0.2, -0.15) is 0 Å². The zero-order chi connectivity index (χ0) is 24.0. The minimum atomic E-state index is -3.87. The van der Waals surface area contributed by atoms with Crippen LogP contribution in [-0.4, -0.2) is 53.0 Å².